The molecule has 2 bridgehead atoms. The molecule has 0 spiro atoms. The highest BCUT2D eigenvalue weighted by Gasteiger charge is 2.34. The Hall–Kier alpha value is -1.43. The highest BCUT2D eigenvalue weighted by molar-refractivity contribution is 5.91. The molecule has 0 aromatic heterocycles. The minimum Gasteiger partial charge on any atom is -0.379 e. The Morgan fingerprint density at radius 2 is 1.92 bits per heavy atom. The Bertz CT molecular complexity index is 593. The van der Waals surface area contributed by atoms with Crippen LogP contribution in [0.3, 0.4) is 0 Å². The van der Waals surface area contributed by atoms with E-state index in [2.05, 4.69) is 16.7 Å². The lowest BCUT2D eigenvalue weighted by atomic mass is 9.89. The van der Waals surface area contributed by atoms with Crippen molar-refractivity contribution in [2.75, 3.05) is 25.1 Å². The lowest BCUT2D eigenvalue weighted by Crippen LogP contribution is -2.39. The van der Waals surface area contributed by atoms with Crippen LogP contribution in [0.15, 0.2) is 18.2 Å². The molecular formula is C21H32N2O3. The largest absolute Gasteiger partial charge is 0.379 e. The van der Waals surface area contributed by atoms with Gasteiger partial charge < -0.3 is 20.1 Å². The number of benzene rings is 1. The van der Waals surface area contributed by atoms with Gasteiger partial charge in [-0.05, 0) is 62.6 Å². The predicted octanol–water partition coefficient (Wildman–Crippen LogP) is 3.41. The Morgan fingerprint density at radius 3 is 2.65 bits per heavy atom. The zero-order valence-electron chi connectivity index (χ0n) is 16.1. The number of rotatable bonds is 9. The molecule has 0 aliphatic carbocycles. The first-order valence-electron chi connectivity index (χ1n) is 9.95. The summed E-state index contributed by atoms with van der Waals surface area (Å²) in [6.45, 7) is 6.47. The minimum absolute atomic E-state index is 0.133. The van der Waals surface area contributed by atoms with Crippen molar-refractivity contribution in [3.8, 4) is 0 Å². The summed E-state index contributed by atoms with van der Waals surface area (Å²) in [6, 6.07) is 7.27. The first-order chi connectivity index (χ1) is 12.7. The molecule has 0 saturated carbocycles. The van der Waals surface area contributed by atoms with Crippen molar-refractivity contribution in [2.45, 2.75) is 64.6 Å². The number of carbonyl (C=O) groups excluding carboxylic acids is 1. The van der Waals surface area contributed by atoms with Crippen molar-refractivity contribution >= 4 is 11.6 Å². The van der Waals surface area contributed by atoms with Gasteiger partial charge in [-0.1, -0.05) is 12.1 Å². The summed E-state index contributed by atoms with van der Waals surface area (Å²) in [5.41, 5.74) is 3.10. The third-order valence-corrected chi connectivity index (χ3v) is 5.60. The van der Waals surface area contributed by atoms with Gasteiger partial charge in [-0.2, -0.15) is 0 Å². The van der Waals surface area contributed by atoms with Crippen LogP contribution in [0.5, 0.6) is 0 Å². The van der Waals surface area contributed by atoms with Crippen LogP contribution < -0.4 is 10.6 Å². The Labute approximate surface area is 156 Å². The normalized spacial score (nSPS) is 24.6. The van der Waals surface area contributed by atoms with Gasteiger partial charge in [-0.25, -0.2) is 0 Å². The van der Waals surface area contributed by atoms with Gasteiger partial charge in [0.05, 0.1) is 19.8 Å². The summed E-state index contributed by atoms with van der Waals surface area (Å²) in [4.78, 5) is 12.5. The summed E-state index contributed by atoms with van der Waals surface area (Å²) in [6.07, 6.45) is 5.44. The summed E-state index contributed by atoms with van der Waals surface area (Å²) >= 11 is 0. The smallest absolute Gasteiger partial charge is 0.224 e. The van der Waals surface area contributed by atoms with Crippen molar-refractivity contribution in [2.24, 2.45) is 5.92 Å². The van der Waals surface area contributed by atoms with Gasteiger partial charge in [-0.3, -0.25) is 4.79 Å². The fourth-order valence-electron chi connectivity index (χ4n) is 4.22. The zero-order valence-corrected chi connectivity index (χ0v) is 16.1. The number of hydrogen-bond acceptors (Lipinski definition) is 4. The van der Waals surface area contributed by atoms with E-state index in [1.54, 1.807) is 0 Å². The topological polar surface area (TPSA) is 59.6 Å². The van der Waals surface area contributed by atoms with Crippen LogP contribution in [0, 0.1) is 12.8 Å². The number of piperidine rings is 1. The molecule has 2 unspecified atom stereocenters. The van der Waals surface area contributed by atoms with E-state index in [4.69, 9.17) is 9.47 Å². The molecule has 1 amide bonds. The summed E-state index contributed by atoms with van der Waals surface area (Å²) in [7, 11) is 0. The lowest BCUT2D eigenvalue weighted by molar-refractivity contribution is -0.117. The number of nitrogens with one attached hydrogen (secondary N) is 2. The molecule has 5 heteroatoms. The van der Waals surface area contributed by atoms with Gasteiger partial charge in [0.25, 0.3) is 0 Å². The van der Waals surface area contributed by atoms with Crippen molar-refractivity contribution in [3.05, 3.63) is 29.3 Å². The van der Waals surface area contributed by atoms with Gasteiger partial charge in [0, 0.05) is 30.8 Å². The third kappa shape index (κ3) is 5.29. The minimum atomic E-state index is 0.133. The van der Waals surface area contributed by atoms with Crippen LogP contribution in [0.4, 0.5) is 5.69 Å². The number of fused-ring (bicyclic) bond motifs is 2. The van der Waals surface area contributed by atoms with E-state index in [-0.39, 0.29) is 5.91 Å². The van der Waals surface area contributed by atoms with Gasteiger partial charge in [0.15, 0.2) is 0 Å². The standard InChI is InChI=1S/C21H32N2O3/c1-3-25-9-10-26-14-17-5-4-6-20(15(17)2)23-21(24)13-16-11-18-7-8-19(12-16)22-18/h4-6,16,18-19,22H,3,7-14H2,1-2H3,(H,23,24). The Balaban J connectivity index is 1.49. The van der Waals surface area contributed by atoms with Crippen molar-refractivity contribution in [1.29, 1.82) is 0 Å². The van der Waals surface area contributed by atoms with Crippen LogP contribution in [0.1, 0.15) is 50.2 Å². The summed E-state index contributed by atoms with van der Waals surface area (Å²) in [5, 5.41) is 6.76. The van der Waals surface area contributed by atoms with Crippen LogP contribution in [0.2, 0.25) is 0 Å². The molecule has 2 aliphatic rings. The van der Waals surface area contributed by atoms with Crippen LogP contribution >= 0.6 is 0 Å². The fraction of sp³-hybridized carbons (Fsp3) is 0.667. The molecule has 0 radical (unpaired) electrons. The maximum absolute atomic E-state index is 12.5. The average Bonchev–Trinajstić information content (AvgIpc) is 2.96. The summed E-state index contributed by atoms with van der Waals surface area (Å²) < 4.78 is 11.0. The number of carbonyl (C=O) groups is 1. The second-order valence-corrected chi connectivity index (χ2v) is 7.57. The van der Waals surface area contributed by atoms with Gasteiger partial charge >= 0.3 is 0 Å². The molecule has 5 nitrogen and oxygen atoms in total. The molecule has 2 atom stereocenters. The van der Waals surface area contributed by atoms with Crippen molar-refractivity contribution in [1.82, 2.24) is 5.32 Å². The molecule has 1 aromatic carbocycles. The third-order valence-electron chi connectivity index (χ3n) is 5.60. The van der Waals surface area contributed by atoms with Gasteiger partial charge in [0.1, 0.15) is 0 Å². The second kappa shape index (κ2) is 9.49. The maximum atomic E-state index is 12.5. The first-order valence-corrected chi connectivity index (χ1v) is 9.95. The molecule has 2 aliphatic heterocycles. The van der Waals surface area contributed by atoms with Crippen LogP contribution in [-0.4, -0.2) is 37.8 Å². The number of anilines is 1. The van der Waals surface area contributed by atoms with Gasteiger partial charge in [-0.15, -0.1) is 0 Å². The van der Waals surface area contributed by atoms with Crippen molar-refractivity contribution < 1.29 is 14.3 Å². The molecule has 1 aromatic rings. The summed E-state index contributed by atoms with van der Waals surface area (Å²) in [5.74, 6) is 0.646. The molecule has 3 rings (SSSR count). The molecule has 2 saturated heterocycles. The molecule has 26 heavy (non-hydrogen) atoms. The maximum Gasteiger partial charge on any atom is 0.224 e. The van der Waals surface area contributed by atoms with Crippen LogP contribution in [0.25, 0.3) is 0 Å². The lowest BCUT2D eigenvalue weighted by Gasteiger charge is -2.28. The number of amides is 1. The molecule has 144 valence electrons. The van der Waals surface area contributed by atoms with E-state index in [0.29, 0.717) is 50.8 Å². The fourth-order valence-corrected chi connectivity index (χ4v) is 4.22. The highest BCUT2D eigenvalue weighted by Crippen LogP contribution is 2.33. The zero-order chi connectivity index (χ0) is 18.4. The Morgan fingerprint density at radius 1 is 1.19 bits per heavy atom. The van der Waals surface area contributed by atoms with E-state index < -0.39 is 0 Å². The predicted molar refractivity (Wildman–Crippen MR) is 103 cm³/mol. The number of ether oxygens (including phenoxy) is 2. The monoisotopic (exact) mass is 360 g/mol. The van der Waals surface area contributed by atoms with Crippen LogP contribution in [-0.2, 0) is 20.9 Å². The first kappa shape index (κ1) is 19.3. The SMILES string of the molecule is CCOCCOCc1cccc(NC(=O)CC2CC3CCC(C2)N3)c1C. The average molecular weight is 360 g/mol. The van der Waals surface area contributed by atoms with Crippen molar-refractivity contribution in [3.63, 3.8) is 0 Å². The molecule has 2 heterocycles. The Kier molecular flexibility index (Phi) is 7.06. The van der Waals surface area contributed by atoms with Gasteiger partial charge in [0.2, 0.25) is 5.91 Å². The molecular weight excluding hydrogens is 328 g/mol. The molecule has 2 fully saturated rings. The van der Waals surface area contributed by atoms with E-state index >= 15 is 0 Å². The molecule has 2 N–H and O–H groups in total. The van der Waals surface area contributed by atoms with E-state index in [1.807, 2.05) is 26.0 Å². The second-order valence-electron chi connectivity index (χ2n) is 7.57. The number of hydrogen-bond donors (Lipinski definition) is 2. The highest BCUT2D eigenvalue weighted by atomic mass is 16.5. The van der Waals surface area contributed by atoms with E-state index in [9.17, 15) is 4.79 Å². The van der Waals surface area contributed by atoms with E-state index in [0.717, 1.165) is 29.7 Å². The van der Waals surface area contributed by atoms with E-state index in [1.165, 1.54) is 12.8 Å². The quantitative estimate of drug-likeness (QED) is 0.663.